The molecule has 27 heteroatoms. The Balaban J connectivity index is 5.35. The Labute approximate surface area is 163 Å². The maximum Gasteiger partial charge on any atom is 0.503 e. The molecule has 176 valence electrons. The standard InChI is InChI=1S/C2H14NO19P7/c1-3(2)16-29(15,17-23)22-28(13,14)21-27(11,12)20-26(9,10)19-25(7,8)18-24(4,5)6/h23H2,1-2H3,(H,7,8)(H,9,10)(H,11,12)(H,13,14)(H2,4,5,6). The van der Waals surface area contributed by atoms with E-state index in [0.29, 0.717) is 5.06 Å². The third kappa shape index (κ3) is 14.1. The first-order valence-corrected chi connectivity index (χ1v) is 15.2. The fourth-order valence-corrected chi connectivity index (χ4v) is 8.90. The third-order valence-corrected chi connectivity index (χ3v) is 11.2. The van der Waals surface area contributed by atoms with Gasteiger partial charge in [-0.1, -0.05) is 0 Å². The Kier molecular flexibility index (Phi) is 10.9. The van der Waals surface area contributed by atoms with Crippen molar-refractivity contribution < 1.29 is 87.2 Å². The van der Waals surface area contributed by atoms with E-state index in [1.54, 1.807) is 0 Å². The van der Waals surface area contributed by atoms with Crippen molar-refractivity contribution in [2.24, 2.45) is 0 Å². The molecule has 0 aliphatic rings. The summed E-state index contributed by atoms with van der Waals surface area (Å²) in [6.45, 7) is 0. The van der Waals surface area contributed by atoms with Gasteiger partial charge in [-0.25, -0.2) is 27.4 Å². The highest BCUT2D eigenvalue weighted by atomic mass is 31.3. The van der Waals surface area contributed by atoms with Crippen molar-refractivity contribution in [2.75, 3.05) is 14.1 Å². The Bertz CT molecular complexity index is 853. The number of hydrogen-bond acceptors (Lipinski definition) is 14. The lowest BCUT2D eigenvalue weighted by Crippen LogP contribution is -2.11. The number of hydrogen-bond donors (Lipinski definition) is 6. The molecule has 6 unspecified atom stereocenters. The molecule has 0 heterocycles. The van der Waals surface area contributed by atoms with E-state index in [2.05, 4.69) is 30.5 Å². The van der Waals surface area contributed by atoms with Crippen LogP contribution in [0.3, 0.4) is 0 Å². The van der Waals surface area contributed by atoms with Crippen LogP contribution in [0.25, 0.3) is 0 Å². The molecule has 0 aromatic rings. The van der Waals surface area contributed by atoms with Gasteiger partial charge in [-0.3, -0.25) is 4.31 Å². The Morgan fingerprint density at radius 2 is 0.931 bits per heavy atom. The summed E-state index contributed by atoms with van der Waals surface area (Å²) in [7, 11) is -31.7. The first-order chi connectivity index (χ1) is 12.5. The monoisotopic (exact) mass is 573 g/mol. The van der Waals surface area contributed by atoms with Gasteiger partial charge in [-0.05, 0) is 0 Å². The quantitative estimate of drug-likeness (QED) is 0.132. The van der Waals surface area contributed by atoms with Crippen LogP contribution >= 0.6 is 56.4 Å². The van der Waals surface area contributed by atoms with Crippen molar-refractivity contribution in [1.82, 2.24) is 5.06 Å². The van der Waals surface area contributed by atoms with Gasteiger partial charge in [-0.15, -0.1) is 0 Å². The molecule has 0 saturated carbocycles. The minimum Gasteiger partial charge on any atom is -0.302 e. The molecular weight excluding hydrogens is 559 g/mol. The van der Waals surface area contributed by atoms with Gasteiger partial charge in [0.15, 0.2) is 0 Å². The van der Waals surface area contributed by atoms with E-state index in [1.807, 2.05) is 0 Å². The smallest absolute Gasteiger partial charge is 0.302 e. The molecule has 6 atom stereocenters. The molecule has 0 bridgehead atoms. The molecular formula is C2H14NO19P7. The number of phosphoric acid groups is 6. The summed E-state index contributed by atoms with van der Waals surface area (Å²) in [6, 6.07) is 0. The Morgan fingerprint density at radius 1 is 0.621 bits per heavy atom. The molecule has 0 aromatic heterocycles. The van der Waals surface area contributed by atoms with Crippen LogP contribution in [0.15, 0.2) is 0 Å². The maximum absolute atomic E-state index is 11.9. The largest absolute Gasteiger partial charge is 0.503 e. The third-order valence-electron chi connectivity index (χ3n) is 1.42. The van der Waals surface area contributed by atoms with E-state index in [4.69, 9.17) is 19.6 Å². The van der Waals surface area contributed by atoms with Crippen molar-refractivity contribution in [1.29, 1.82) is 0 Å². The number of hydroxylamine groups is 2. The second kappa shape index (κ2) is 10.5. The molecule has 0 radical (unpaired) electrons. The molecule has 0 fully saturated rings. The average Bonchev–Trinajstić information content (AvgIpc) is 2.27. The molecule has 29 heavy (non-hydrogen) atoms. The topological polar surface area (TPSA) is 292 Å². The van der Waals surface area contributed by atoms with Crippen LogP contribution in [-0.2, 0) is 57.9 Å². The second-order valence-electron chi connectivity index (χ2n) is 4.22. The van der Waals surface area contributed by atoms with Gasteiger partial charge < -0.3 is 29.4 Å². The van der Waals surface area contributed by atoms with Crippen molar-refractivity contribution in [3.63, 3.8) is 0 Å². The molecule has 0 spiro atoms. The summed E-state index contributed by atoms with van der Waals surface area (Å²) in [4.78, 5) is 53.1. The molecule has 0 aromatic carbocycles. The van der Waals surface area contributed by atoms with Gasteiger partial charge >= 0.3 is 46.9 Å². The second-order valence-corrected chi connectivity index (χ2v) is 14.1. The zero-order valence-electron chi connectivity index (χ0n) is 13.7. The summed E-state index contributed by atoms with van der Waals surface area (Å²) < 4.78 is 93.6. The van der Waals surface area contributed by atoms with Gasteiger partial charge in [0.2, 0.25) is 0 Å². The Hall–Kier alpha value is 1.25. The highest BCUT2D eigenvalue weighted by molar-refractivity contribution is 7.72. The highest BCUT2D eigenvalue weighted by Gasteiger charge is 2.49. The van der Waals surface area contributed by atoms with Gasteiger partial charge in [0.05, 0.1) is 0 Å². The lowest BCUT2D eigenvalue weighted by atomic mass is 11.2. The van der Waals surface area contributed by atoms with Crippen LogP contribution in [0.4, 0.5) is 0 Å². The van der Waals surface area contributed by atoms with Crippen molar-refractivity contribution in [2.45, 2.75) is 0 Å². The maximum atomic E-state index is 11.9. The van der Waals surface area contributed by atoms with Crippen LogP contribution in [0.1, 0.15) is 0 Å². The summed E-state index contributed by atoms with van der Waals surface area (Å²) in [6.07, 6.45) is 0. The van der Waals surface area contributed by atoms with Gasteiger partial charge in [0, 0.05) is 23.6 Å². The summed E-state index contributed by atoms with van der Waals surface area (Å²) in [5, 5.41) is 0.648. The Morgan fingerprint density at radius 3 is 1.21 bits per heavy atom. The summed E-state index contributed by atoms with van der Waals surface area (Å²) in [5.74, 6) is 0. The molecule has 0 aliphatic heterocycles. The number of rotatable bonds is 13. The van der Waals surface area contributed by atoms with E-state index >= 15 is 0 Å². The van der Waals surface area contributed by atoms with Crippen LogP contribution in [-0.4, -0.2) is 48.5 Å². The van der Waals surface area contributed by atoms with Crippen molar-refractivity contribution in [3.05, 3.63) is 0 Å². The fraction of sp³-hybridized carbons (Fsp3) is 1.00. The van der Waals surface area contributed by atoms with E-state index in [1.165, 1.54) is 9.47 Å². The van der Waals surface area contributed by atoms with Crippen LogP contribution in [0, 0.1) is 0 Å². The predicted octanol–water partition coefficient (Wildman–Crippen LogP) is 0.972. The SMILES string of the molecule is CN(C)OP(=O)(OP)OP(=O)(O)OP(=O)(O)OP(=O)(O)OP(=O)(O)OP(=O)(O)O. The molecule has 0 amide bonds. The molecule has 6 N–H and O–H groups in total. The zero-order valence-corrected chi connectivity index (χ0v) is 20.2. The van der Waals surface area contributed by atoms with Crippen molar-refractivity contribution >= 4 is 56.4 Å². The number of nitrogens with zero attached hydrogens (tertiary/aromatic N) is 1. The highest BCUT2D eigenvalue weighted by Crippen LogP contribution is 2.75. The lowest BCUT2D eigenvalue weighted by molar-refractivity contribution is -0.0286. The normalized spacial score (nSPS) is 23.4. The van der Waals surface area contributed by atoms with Crippen LogP contribution in [0.5, 0.6) is 0 Å². The first kappa shape index (κ1) is 30.2. The van der Waals surface area contributed by atoms with Gasteiger partial charge in [0.1, 0.15) is 0 Å². The zero-order chi connectivity index (χ0) is 23.5. The van der Waals surface area contributed by atoms with E-state index < -0.39 is 46.9 Å². The minimum absolute atomic E-state index is 0.648. The molecule has 0 aliphatic carbocycles. The van der Waals surface area contributed by atoms with E-state index in [9.17, 15) is 37.2 Å². The van der Waals surface area contributed by atoms with Crippen molar-refractivity contribution in [3.8, 4) is 0 Å². The van der Waals surface area contributed by atoms with Gasteiger partial charge in [0.25, 0.3) is 0 Å². The van der Waals surface area contributed by atoms with E-state index in [0.717, 1.165) is 14.1 Å². The average molecular weight is 573 g/mol. The summed E-state index contributed by atoms with van der Waals surface area (Å²) in [5.41, 5.74) is 0. The molecule has 0 saturated heterocycles. The molecule has 20 nitrogen and oxygen atoms in total. The van der Waals surface area contributed by atoms with Crippen LogP contribution < -0.4 is 0 Å². The minimum atomic E-state index is -6.24. The lowest BCUT2D eigenvalue weighted by Gasteiger charge is -2.22. The van der Waals surface area contributed by atoms with Crippen LogP contribution in [0.2, 0.25) is 0 Å². The molecule has 0 rings (SSSR count). The summed E-state index contributed by atoms with van der Waals surface area (Å²) >= 11 is 0. The first-order valence-electron chi connectivity index (χ1n) is 5.80. The van der Waals surface area contributed by atoms with Gasteiger partial charge in [-0.2, -0.15) is 31.2 Å². The predicted molar refractivity (Wildman–Crippen MR) is 89.9 cm³/mol. The fourth-order valence-electron chi connectivity index (χ4n) is 0.965. The van der Waals surface area contributed by atoms with E-state index in [-0.39, 0.29) is 0 Å².